The van der Waals surface area contributed by atoms with E-state index in [1.165, 1.54) is 11.1 Å². The summed E-state index contributed by atoms with van der Waals surface area (Å²) in [4.78, 5) is 0. The van der Waals surface area contributed by atoms with Gasteiger partial charge in [0.05, 0.1) is 5.76 Å². The van der Waals surface area contributed by atoms with Crippen molar-refractivity contribution in [2.75, 3.05) is 0 Å². The van der Waals surface area contributed by atoms with Crippen molar-refractivity contribution < 1.29 is 4.74 Å². The quantitative estimate of drug-likeness (QED) is 0.757. The molecule has 18 heavy (non-hydrogen) atoms. The Hall–Kier alpha value is -2.02. The molecule has 1 saturated heterocycles. The summed E-state index contributed by atoms with van der Waals surface area (Å²) in [6.07, 6.45) is 1.88. The maximum Gasteiger partial charge on any atom is 0.159 e. The number of rotatable bonds is 2. The van der Waals surface area contributed by atoms with Crippen molar-refractivity contribution in [3.05, 3.63) is 84.1 Å². The van der Waals surface area contributed by atoms with E-state index in [0.29, 0.717) is 0 Å². The van der Waals surface area contributed by atoms with Crippen LogP contribution in [0.25, 0.3) is 0 Å². The molecular weight excluding hydrogens is 220 g/mol. The zero-order valence-corrected chi connectivity index (χ0v) is 10.3. The molecule has 3 rings (SSSR count). The second kappa shape index (κ2) is 4.34. The monoisotopic (exact) mass is 236 g/mol. The van der Waals surface area contributed by atoms with Gasteiger partial charge in [-0.25, -0.2) is 0 Å². The Bertz CT molecular complexity index is 503. The number of hydrogen-bond donors (Lipinski definition) is 0. The standard InChI is InChI=1S/C17H16O/c1-14-12-13-17(18-14,15-8-4-2-5-9-15)16-10-6-3-7-11-16/h2-11H,1,12-13H2. The van der Waals surface area contributed by atoms with E-state index in [0.717, 1.165) is 18.6 Å². The van der Waals surface area contributed by atoms with Crippen LogP contribution in [0.1, 0.15) is 24.0 Å². The van der Waals surface area contributed by atoms with Gasteiger partial charge in [-0.3, -0.25) is 0 Å². The van der Waals surface area contributed by atoms with Crippen molar-refractivity contribution in [1.29, 1.82) is 0 Å². The van der Waals surface area contributed by atoms with Gasteiger partial charge in [0.1, 0.15) is 0 Å². The van der Waals surface area contributed by atoms with Gasteiger partial charge in [-0.05, 0) is 11.1 Å². The SMILES string of the molecule is C=C1CCC(c2ccccc2)(c2ccccc2)O1. The van der Waals surface area contributed by atoms with E-state index in [4.69, 9.17) is 4.74 Å². The third-order valence-electron chi connectivity index (χ3n) is 3.55. The largest absolute Gasteiger partial charge is 0.483 e. The van der Waals surface area contributed by atoms with Crippen molar-refractivity contribution in [2.24, 2.45) is 0 Å². The van der Waals surface area contributed by atoms with Crippen LogP contribution in [0.15, 0.2) is 73.0 Å². The lowest BCUT2D eigenvalue weighted by molar-refractivity contribution is 0.0775. The molecule has 0 aromatic heterocycles. The lowest BCUT2D eigenvalue weighted by atomic mass is 9.84. The molecule has 2 aromatic rings. The van der Waals surface area contributed by atoms with E-state index >= 15 is 0 Å². The van der Waals surface area contributed by atoms with Crippen LogP contribution in [-0.4, -0.2) is 0 Å². The molecule has 0 aliphatic carbocycles. The van der Waals surface area contributed by atoms with Gasteiger partial charge in [-0.1, -0.05) is 67.2 Å². The average molecular weight is 236 g/mol. The minimum Gasteiger partial charge on any atom is -0.483 e. The molecule has 0 N–H and O–H groups in total. The maximum atomic E-state index is 6.13. The molecule has 1 nitrogen and oxygen atoms in total. The Labute approximate surface area is 108 Å². The molecule has 2 aromatic carbocycles. The van der Waals surface area contributed by atoms with E-state index in [9.17, 15) is 0 Å². The molecule has 0 unspecified atom stereocenters. The Morgan fingerprint density at radius 2 is 1.33 bits per heavy atom. The molecule has 1 heterocycles. The number of hydrogen-bond acceptors (Lipinski definition) is 1. The number of allylic oxidation sites excluding steroid dienone is 1. The summed E-state index contributed by atoms with van der Waals surface area (Å²) in [5.74, 6) is 0.878. The van der Waals surface area contributed by atoms with Gasteiger partial charge in [-0.2, -0.15) is 0 Å². The highest BCUT2D eigenvalue weighted by atomic mass is 16.5. The lowest BCUT2D eigenvalue weighted by Gasteiger charge is -2.30. The number of benzene rings is 2. The van der Waals surface area contributed by atoms with Gasteiger partial charge in [-0.15, -0.1) is 0 Å². The Morgan fingerprint density at radius 1 is 0.833 bits per heavy atom. The first-order valence-electron chi connectivity index (χ1n) is 6.29. The van der Waals surface area contributed by atoms with Crippen molar-refractivity contribution in [2.45, 2.75) is 18.4 Å². The van der Waals surface area contributed by atoms with E-state index in [1.807, 2.05) is 12.1 Å². The molecular formula is C17H16O. The van der Waals surface area contributed by atoms with Gasteiger partial charge in [0.15, 0.2) is 5.60 Å². The van der Waals surface area contributed by atoms with Crippen molar-refractivity contribution >= 4 is 0 Å². The van der Waals surface area contributed by atoms with Crippen LogP contribution in [0.5, 0.6) is 0 Å². The summed E-state index contributed by atoms with van der Waals surface area (Å²) < 4.78 is 6.13. The molecule has 1 aliphatic rings. The van der Waals surface area contributed by atoms with Crippen molar-refractivity contribution in [3.63, 3.8) is 0 Å². The van der Waals surface area contributed by atoms with Crippen LogP contribution >= 0.6 is 0 Å². The molecule has 90 valence electrons. The zero-order valence-electron chi connectivity index (χ0n) is 10.3. The molecule has 0 bridgehead atoms. The second-order valence-corrected chi connectivity index (χ2v) is 4.70. The van der Waals surface area contributed by atoms with Crippen molar-refractivity contribution in [1.82, 2.24) is 0 Å². The normalized spacial score (nSPS) is 17.4. The minimum atomic E-state index is -0.348. The van der Waals surface area contributed by atoms with E-state index in [-0.39, 0.29) is 5.60 Å². The molecule has 0 atom stereocenters. The fourth-order valence-electron chi connectivity index (χ4n) is 2.65. The van der Waals surface area contributed by atoms with Gasteiger partial charge in [0.2, 0.25) is 0 Å². The maximum absolute atomic E-state index is 6.13. The summed E-state index contributed by atoms with van der Waals surface area (Å²) in [5, 5.41) is 0. The molecule has 1 fully saturated rings. The second-order valence-electron chi connectivity index (χ2n) is 4.70. The Morgan fingerprint density at radius 3 is 1.72 bits per heavy atom. The summed E-state index contributed by atoms with van der Waals surface area (Å²) in [6, 6.07) is 20.8. The van der Waals surface area contributed by atoms with Crippen LogP contribution in [-0.2, 0) is 10.3 Å². The third-order valence-corrected chi connectivity index (χ3v) is 3.55. The van der Waals surface area contributed by atoms with Gasteiger partial charge in [0, 0.05) is 12.8 Å². The van der Waals surface area contributed by atoms with E-state index in [1.54, 1.807) is 0 Å². The highest BCUT2D eigenvalue weighted by molar-refractivity contribution is 5.38. The van der Waals surface area contributed by atoms with Crippen LogP contribution < -0.4 is 0 Å². The minimum absolute atomic E-state index is 0.348. The smallest absolute Gasteiger partial charge is 0.159 e. The van der Waals surface area contributed by atoms with Crippen molar-refractivity contribution in [3.8, 4) is 0 Å². The molecule has 0 amide bonds. The first-order valence-corrected chi connectivity index (χ1v) is 6.29. The summed E-state index contributed by atoms with van der Waals surface area (Å²) in [6.45, 7) is 3.98. The lowest BCUT2D eigenvalue weighted by Crippen LogP contribution is -2.25. The predicted octanol–water partition coefficient (Wildman–Crippen LogP) is 4.25. The van der Waals surface area contributed by atoms with E-state index < -0.39 is 0 Å². The molecule has 1 heteroatoms. The molecule has 0 spiro atoms. The fraction of sp³-hybridized carbons (Fsp3) is 0.176. The van der Waals surface area contributed by atoms with E-state index in [2.05, 4.69) is 55.1 Å². The first kappa shape index (κ1) is 11.1. The summed E-state index contributed by atoms with van der Waals surface area (Å²) in [5.41, 5.74) is 2.06. The molecule has 0 radical (unpaired) electrons. The summed E-state index contributed by atoms with van der Waals surface area (Å²) >= 11 is 0. The van der Waals surface area contributed by atoms with Gasteiger partial charge < -0.3 is 4.74 Å². The van der Waals surface area contributed by atoms with Crippen LogP contribution in [0.4, 0.5) is 0 Å². The highest BCUT2D eigenvalue weighted by Crippen LogP contribution is 2.45. The summed E-state index contributed by atoms with van der Waals surface area (Å²) in [7, 11) is 0. The molecule has 0 saturated carbocycles. The zero-order chi connectivity index (χ0) is 12.4. The average Bonchev–Trinajstić information content (AvgIpc) is 2.84. The fourth-order valence-corrected chi connectivity index (χ4v) is 2.65. The van der Waals surface area contributed by atoms with Crippen LogP contribution in [0.3, 0.4) is 0 Å². The third kappa shape index (κ3) is 1.72. The Kier molecular flexibility index (Phi) is 2.67. The molecule has 1 aliphatic heterocycles. The van der Waals surface area contributed by atoms with Gasteiger partial charge >= 0.3 is 0 Å². The van der Waals surface area contributed by atoms with Crippen LogP contribution in [0.2, 0.25) is 0 Å². The Balaban J connectivity index is 2.14. The first-order chi connectivity index (χ1) is 8.81. The van der Waals surface area contributed by atoms with Gasteiger partial charge in [0.25, 0.3) is 0 Å². The topological polar surface area (TPSA) is 9.23 Å². The van der Waals surface area contributed by atoms with Crippen LogP contribution in [0, 0.1) is 0 Å². The predicted molar refractivity (Wildman–Crippen MR) is 73.1 cm³/mol. The number of ether oxygens (including phenoxy) is 1. The highest BCUT2D eigenvalue weighted by Gasteiger charge is 2.40.